The fourth-order valence-corrected chi connectivity index (χ4v) is 2.22. The van der Waals surface area contributed by atoms with E-state index in [9.17, 15) is 0 Å². The van der Waals surface area contributed by atoms with Crippen LogP contribution in [0.25, 0.3) is 0 Å². The van der Waals surface area contributed by atoms with Crippen molar-refractivity contribution in [1.29, 1.82) is 0 Å². The molecule has 0 saturated heterocycles. The Morgan fingerprint density at radius 2 is 2.24 bits per heavy atom. The van der Waals surface area contributed by atoms with Gasteiger partial charge in [0.05, 0.1) is 24.1 Å². The van der Waals surface area contributed by atoms with E-state index in [0.29, 0.717) is 18.2 Å². The quantitative estimate of drug-likeness (QED) is 0.658. The van der Waals surface area contributed by atoms with Gasteiger partial charge in [-0.05, 0) is 26.9 Å². The van der Waals surface area contributed by atoms with Gasteiger partial charge < -0.3 is 20.8 Å². The van der Waals surface area contributed by atoms with Gasteiger partial charge in [-0.3, -0.25) is 0 Å². The summed E-state index contributed by atoms with van der Waals surface area (Å²) in [6.45, 7) is 2.27. The summed E-state index contributed by atoms with van der Waals surface area (Å²) in [5.41, 5.74) is 6.76. The van der Waals surface area contributed by atoms with Gasteiger partial charge in [0, 0.05) is 18.7 Å². The molecular weight excluding hydrogens is 290 g/mol. The number of rotatable bonds is 9. The van der Waals surface area contributed by atoms with E-state index in [1.54, 1.807) is 0 Å². The number of hydrogen-bond acceptors (Lipinski definition) is 8. The van der Waals surface area contributed by atoms with Crippen LogP contribution in [-0.2, 0) is 6.54 Å². The van der Waals surface area contributed by atoms with Crippen LogP contribution in [0, 0.1) is 0 Å². The number of unbranched alkanes of at least 4 members (excludes halogenated alkanes) is 1. The number of nitrogens with one attached hydrogen (secondary N) is 1. The second-order valence-corrected chi connectivity index (χ2v) is 5.48. The van der Waals surface area contributed by atoms with Gasteiger partial charge in [0.25, 0.3) is 0 Å². The molecule has 0 aromatic carbocycles. The van der Waals surface area contributed by atoms with Crippen LogP contribution in [0.5, 0.6) is 0 Å². The summed E-state index contributed by atoms with van der Waals surface area (Å²) in [6, 6.07) is 0. The van der Waals surface area contributed by atoms with Gasteiger partial charge in [-0.2, -0.15) is 8.75 Å². The molecule has 2 heterocycles. The zero-order valence-electron chi connectivity index (χ0n) is 12.3. The lowest BCUT2D eigenvalue weighted by molar-refractivity contribution is 0.0798. The molecule has 2 rings (SSSR count). The third-order valence-electron chi connectivity index (χ3n) is 2.71. The van der Waals surface area contributed by atoms with E-state index in [0.717, 1.165) is 43.2 Å². The van der Waals surface area contributed by atoms with Crippen LogP contribution in [0.1, 0.15) is 18.4 Å². The molecule has 0 saturated carbocycles. The van der Waals surface area contributed by atoms with E-state index >= 15 is 0 Å². The van der Waals surface area contributed by atoms with E-state index in [1.807, 2.05) is 26.5 Å². The van der Waals surface area contributed by atoms with Gasteiger partial charge in [-0.25, -0.2) is 0 Å². The Kier molecular flexibility index (Phi) is 5.76. The summed E-state index contributed by atoms with van der Waals surface area (Å²) in [5, 5.41) is 7.30. The Bertz CT molecular complexity index is 539. The smallest absolute Gasteiger partial charge is 0.184 e. The first-order chi connectivity index (χ1) is 10.1. The molecule has 0 aliphatic heterocycles. The summed E-state index contributed by atoms with van der Waals surface area (Å²) < 4.78 is 7.95. The minimum Gasteiger partial charge on any atom is -0.397 e. The highest BCUT2D eigenvalue weighted by Gasteiger charge is 2.02. The van der Waals surface area contributed by atoms with E-state index < -0.39 is 0 Å². The normalized spacial score (nSPS) is 11.0. The van der Waals surface area contributed by atoms with Crippen molar-refractivity contribution in [2.75, 3.05) is 38.3 Å². The highest BCUT2D eigenvalue weighted by atomic mass is 32.1. The molecule has 0 aliphatic carbocycles. The van der Waals surface area contributed by atoms with E-state index in [-0.39, 0.29) is 0 Å². The minimum absolute atomic E-state index is 0.459. The Hall–Kier alpha value is -1.87. The Morgan fingerprint density at radius 1 is 1.38 bits per heavy atom. The first kappa shape index (κ1) is 15.5. The number of aromatic nitrogens is 4. The summed E-state index contributed by atoms with van der Waals surface area (Å²) >= 11 is 1.11. The molecule has 2 aromatic heterocycles. The first-order valence-corrected chi connectivity index (χ1v) is 7.51. The predicted octanol–water partition coefficient (Wildman–Crippen LogP) is 0.699. The molecular formula is C12H21N7OS. The number of nitrogens with two attached hydrogens (primary N) is 1. The lowest BCUT2D eigenvalue weighted by atomic mass is 10.3. The first-order valence-electron chi connectivity index (χ1n) is 6.78. The molecule has 3 N–H and O–H groups in total. The average Bonchev–Trinajstić information content (AvgIpc) is 3.03. The van der Waals surface area contributed by atoms with Crippen molar-refractivity contribution in [2.24, 2.45) is 0 Å². The second-order valence-electron chi connectivity index (χ2n) is 4.95. The standard InChI is InChI=1S/C12H21N7OS/c1-18(2)8-10-7-15-19(9-10)20-6-4-3-5-14-12-11(13)16-21-17-12/h7,9H,3-6,8H2,1-2H3,(H2,13,16)(H,14,17). The van der Waals surface area contributed by atoms with Crippen LogP contribution in [0.15, 0.2) is 12.4 Å². The fourth-order valence-electron chi connectivity index (χ4n) is 1.77. The molecule has 0 fully saturated rings. The van der Waals surface area contributed by atoms with Gasteiger partial charge in [0.15, 0.2) is 11.6 Å². The fraction of sp³-hybridized carbons (Fsp3) is 0.583. The average molecular weight is 311 g/mol. The molecule has 0 radical (unpaired) electrons. The van der Waals surface area contributed by atoms with Crippen LogP contribution in [0.2, 0.25) is 0 Å². The highest BCUT2D eigenvalue weighted by Crippen LogP contribution is 2.13. The van der Waals surface area contributed by atoms with Crippen molar-refractivity contribution in [3.8, 4) is 0 Å². The molecule has 0 amide bonds. The molecule has 116 valence electrons. The highest BCUT2D eigenvalue weighted by molar-refractivity contribution is 6.99. The molecule has 0 bridgehead atoms. The van der Waals surface area contributed by atoms with Gasteiger partial charge in [0.1, 0.15) is 6.61 Å². The van der Waals surface area contributed by atoms with Crippen LogP contribution < -0.4 is 15.9 Å². The zero-order chi connectivity index (χ0) is 15.1. The number of nitrogen functional groups attached to an aromatic ring is 1. The molecule has 2 aromatic rings. The van der Waals surface area contributed by atoms with E-state index in [1.165, 1.54) is 4.85 Å². The molecule has 0 spiro atoms. The molecule has 0 atom stereocenters. The van der Waals surface area contributed by atoms with Crippen molar-refractivity contribution in [1.82, 2.24) is 23.6 Å². The van der Waals surface area contributed by atoms with Crippen LogP contribution >= 0.6 is 11.7 Å². The van der Waals surface area contributed by atoms with Crippen LogP contribution in [-0.4, -0.2) is 50.8 Å². The number of nitrogens with zero attached hydrogens (tertiary/aromatic N) is 5. The molecule has 0 aliphatic rings. The Morgan fingerprint density at radius 3 is 2.95 bits per heavy atom. The van der Waals surface area contributed by atoms with E-state index in [2.05, 4.69) is 24.1 Å². The third-order valence-corrected chi connectivity index (χ3v) is 3.26. The molecule has 9 heteroatoms. The Balaban J connectivity index is 1.57. The molecule has 8 nitrogen and oxygen atoms in total. The van der Waals surface area contributed by atoms with Crippen molar-refractivity contribution in [3.63, 3.8) is 0 Å². The van der Waals surface area contributed by atoms with Crippen molar-refractivity contribution in [2.45, 2.75) is 19.4 Å². The predicted molar refractivity (Wildman–Crippen MR) is 83.1 cm³/mol. The maximum atomic E-state index is 5.63. The van der Waals surface area contributed by atoms with Gasteiger partial charge in [0.2, 0.25) is 0 Å². The number of hydrogen-bond donors (Lipinski definition) is 2. The topological polar surface area (TPSA) is 94.1 Å². The third kappa shape index (κ3) is 5.20. The number of anilines is 2. The summed E-state index contributed by atoms with van der Waals surface area (Å²) in [6.07, 6.45) is 5.61. The van der Waals surface area contributed by atoms with Crippen molar-refractivity contribution >= 4 is 23.4 Å². The van der Waals surface area contributed by atoms with Gasteiger partial charge in [-0.15, -0.1) is 9.94 Å². The van der Waals surface area contributed by atoms with Crippen LogP contribution in [0.3, 0.4) is 0 Å². The van der Waals surface area contributed by atoms with Gasteiger partial charge in [-0.1, -0.05) is 0 Å². The monoisotopic (exact) mass is 311 g/mol. The molecule has 0 unspecified atom stereocenters. The lowest BCUT2D eigenvalue weighted by Crippen LogP contribution is -2.14. The zero-order valence-corrected chi connectivity index (χ0v) is 13.1. The van der Waals surface area contributed by atoms with E-state index in [4.69, 9.17) is 10.6 Å². The van der Waals surface area contributed by atoms with Gasteiger partial charge >= 0.3 is 0 Å². The lowest BCUT2D eigenvalue weighted by Gasteiger charge is -2.07. The summed E-state index contributed by atoms with van der Waals surface area (Å²) in [4.78, 5) is 9.15. The minimum atomic E-state index is 0.459. The maximum absolute atomic E-state index is 5.63. The summed E-state index contributed by atoms with van der Waals surface area (Å²) in [7, 11) is 4.05. The largest absolute Gasteiger partial charge is 0.397 e. The van der Waals surface area contributed by atoms with Crippen molar-refractivity contribution < 1.29 is 4.84 Å². The second kappa shape index (κ2) is 7.79. The van der Waals surface area contributed by atoms with Crippen LogP contribution in [0.4, 0.5) is 11.6 Å². The SMILES string of the molecule is CN(C)Cc1cnn(OCCCCNc2nsnc2N)c1. The summed E-state index contributed by atoms with van der Waals surface area (Å²) in [5.74, 6) is 1.13. The maximum Gasteiger partial charge on any atom is 0.184 e. The van der Waals surface area contributed by atoms with Crippen molar-refractivity contribution in [3.05, 3.63) is 18.0 Å². The Labute approximate surface area is 128 Å². The molecule has 21 heavy (non-hydrogen) atoms.